The lowest BCUT2D eigenvalue weighted by molar-refractivity contribution is 0.146. The zero-order valence-electron chi connectivity index (χ0n) is 7.67. The number of hydrogen-bond acceptors (Lipinski definition) is 1. The minimum Gasteiger partial charge on any atom is -0.389 e. The molecule has 0 aromatic rings. The Morgan fingerprint density at radius 3 is 2.64 bits per heavy atom. The Labute approximate surface area is 69.1 Å². The van der Waals surface area contributed by atoms with E-state index in [-0.39, 0.29) is 6.10 Å². The van der Waals surface area contributed by atoms with Crippen molar-refractivity contribution in [3.8, 4) is 0 Å². The van der Waals surface area contributed by atoms with Crippen LogP contribution in [0.15, 0.2) is 11.6 Å². The van der Waals surface area contributed by atoms with Crippen molar-refractivity contribution in [1.82, 2.24) is 0 Å². The van der Waals surface area contributed by atoms with Crippen LogP contribution in [0.4, 0.5) is 0 Å². The van der Waals surface area contributed by atoms with E-state index in [1.165, 1.54) is 12.0 Å². The van der Waals surface area contributed by atoms with E-state index < -0.39 is 0 Å². The minimum atomic E-state index is -0.193. The zero-order valence-corrected chi connectivity index (χ0v) is 7.67. The molecule has 1 aliphatic carbocycles. The van der Waals surface area contributed by atoms with E-state index in [2.05, 4.69) is 20.8 Å². The van der Waals surface area contributed by atoms with E-state index in [4.69, 9.17) is 0 Å². The van der Waals surface area contributed by atoms with Gasteiger partial charge in [-0.25, -0.2) is 0 Å². The van der Waals surface area contributed by atoms with Gasteiger partial charge in [-0.05, 0) is 24.7 Å². The predicted octanol–water partition coefficient (Wildman–Crippen LogP) is 2.36. The van der Waals surface area contributed by atoms with Crippen molar-refractivity contribution in [1.29, 1.82) is 0 Å². The van der Waals surface area contributed by atoms with E-state index in [1.54, 1.807) is 0 Å². The third-order valence-corrected chi connectivity index (χ3v) is 2.60. The van der Waals surface area contributed by atoms with Gasteiger partial charge in [0.15, 0.2) is 0 Å². The van der Waals surface area contributed by atoms with Crippen molar-refractivity contribution in [3.05, 3.63) is 11.6 Å². The van der Waals surface area contributed by atoms with Crippen LogP contribution in [-0.4, -0.2) is 11.2 Å². The molecule has 1 N–H and O–H groups in total. The molecule has 0 aromatic heterocycles. The molecule has 0 fully saturated rings. The van der Waals surface area contributed by atoms with E-state index in [9.17, 15) is 5.11 Å². The summed E-state index contributed by atoms with van der Waals surface area (Å²) in [5.41, 5.74) is 1.43. The molecule has 1 rings (SSSR count). The maximum absolute atomic E-state index is 9.52. The Morgan fingerprint density at radius 2 is 2.18 bits per heavy atom. The van der Waals surface area contributed by atoms with Gasteiger partial charge in [0.25, 0.3) is 0 Å². The van der Waals surface area contributed by atoms with Gasteiger partial charge in [-0.3, -0.25) is 0 Å². The highest BCUT2D eigenvalue weighted by Crippen LogP contribution is 2.27. The number of rotatable bonds is 1. The Bertz CT molecular complexity index is 158. The minimum absolute atomic E-state index is 0.193. The van der Waals surface area contributed by atoms with Crippen LogP contribution in [0.1, 0.15) is 33.6 Å². The highest BCUT2D eigenvalue weighted by atomic mass is 16.3. The van der Waals surface area contributed by atoms with Crippen LogP contribution in [0.3, 0.4) is 0 Å². The molecule has 1 aliphatic rings. The Morgan fingerprint density at radius 1 is 1.55 bits per heavy atom. The van der Waals surface area contributed by atoms with Crippen LogP contribution in [-0.2, 0) is 0 Å². The van der Waals surface area contributed by atoms with Crippen molar-refractivity contribution >= 4 is 0 Å². The predicted molar refractivity (Wildman–Crippen MR) is 47.3 cm³/mol. The highest BCUT2D eigenvalue weighted by Gasteiger charge is 2.19. The van der Waals surface area contributed by atoms with Crippen molar-refractivity contribution in [3.63, 3.8) is 0 Å². The standard InChI is InChI=1S/C10H18O/c1-7(2)9-5-4-8(3)10(11)6-9/h6-8,10-11H,4-5H2,1-3H3/t8-,10-/m1/s1. The second-order valence-corrected chi connectivity index (χ2v) is 3.90. The first kappa shape index (κ1) is 8.79. The summed E-state index contributed by atoms with van der Waals surface area (Å²) in [6.45, 7) is 6.49. The summed E-state index contributed by atoms with van der Waals surface area (Å²) in [6.07, 6.45) is 4.17. The molecule has 0 aromatic carbocycles. The fraction of sp³-hybridized carbons (Fsp3) is 0.800. The summed E-state index contributed by atoms with van der Waals surface area (Å²) >= 11 is 0. The van der Waals surface area contributed by atoms with Crippen LogP contribution in [0.5, 0.6) is 0 Å². The van der Waals surface area contributed by atoms with E-state index in [0.29, 0.717) is 11.8 Å². The average Bonchev–Trinajstić information content (AvgIpc) is 1.94. The van der Waals surface area contributed by atoms with Crippen LogP contribution in [0.2, 0.25) is 0 Å². The fourth-order valence-electron chi connectivity index (χ4n) is 1.51. The molecule has 2 atom stereocenters. The van der Waals surface area contributed by atoms with E-state index >= 15 is 0 Å². The summed E-state index contributed by atoms with van der Waals surface area (Å²) in [5, 5.41) is 9.52. The number of aliphatic hydroxyl groups is 1. The van der Waals surface area contributed by atoms with E-state index in [1.807, 2.05) is 6.08 Å². The number of hydrogen-bond donors (Lipinski definition) is 1. The molecule has 0 heterocycles. The summed E-state index contributed by atoms with van der Waals surface area (Å²) < 4.78 is 0. The van der Waals surface area contributed by atoms with Gasteiger partial charge in [0.2, 0.25) is 0 Å². The molecule has 0 amide bonds. The molecule has 1 nitrogen and oxygen atoms in total. The Balaban J connectivity index is 2.63. The number of aliphatic hydroxyl groups excluding tert-OH is 1. The van der Waals surface area contributed by atoms with Gasteiger partial charge in [0, 0.05) is 0 Å². The third-order valence-electron chi connectivity index (χ3n) is 2.60. The summed E-state index contributed by atoms with van der Waals surface area (Å²) in [5.74, 6) is 1.06. The summed E-state index contributed by atoms with van der Waals surface area (Å²) in [6, 6.07) is 0. The molecule has 0 spiro atoms. The molecule has 11 heavy (non-hydrogen) atoms. The smallest absolute Gasteiger partial charge is 0.0749 e. The lowest BCUT2D eigenvalue weighted by Gasteiger charge is -2.25. The first-order valence-corrected chi connectivity index (χ1v) is 4.50. The molecule has 64 valence electrons. The van der Waals surface area contributed by atoms with Crippen LogP contribution < -0.4 is 0 Å². The molecule has 0 bridgehead atoms. The molecule has 1 heteroatoms. The first-order chi connectivity index (χ1) is 5.11. The van der Waals surface area contributed by atoms with Gasteiger partial charge in [0.05, 0.1) is 6.10 Å². The lowest BCUT2D eigenvalue weighted by Crippen LogP contribution is -2.21. The van der Waals surface area contributed by atoms with Crippen molar-refractivity contribution in [2.24, 2.45) is 11.8 Å². The molecule has 0 unspecified atom stereocenters. The summed E-state index contributed by atoms with van der Waals surface area (Å²) in [4.78, 5) is 0. The summed E-state index contributed by atoms with van der Waals surface area (Å²) in [7, 11) is 0. The van der Waals surface area contributed by atoms with Crippen molar-refractivity contribution in [2.45, 2.75) is 39.7 Å². The SMILES string of the molecule is CC(C)C1=C[C@@H](O)[C@H](C)CC1. The van der Waals surface area contributed by atoms with Crippen LogP contribution in [0.25, 0.3) is 0 Å². The fourth-order valence-corrected chi connectivity index (χ4v) is 1.51. The molecule has 0 saturated carbocycles. The normalized spacial score (nSPS) is 32.3. The second-order valence-electron chi connectivity index (χ2n) is 3.90. The Kier molecular flexibility index (Phi) is 2.72. The third kappa shape index (κ3) is 2.06. The first-order valence-electron chi connectivity index (χ1n) is 4.50. The van der Waals surface area contributed by atoms with E-state index in [0.717, 1.165) is 6.42 Å². The van der Waals surface area contributed by atoms with Gasteiger partial charge < -0.3 is 5.11 Å². The topological polar surface area (TPSA) is 20.2 Å². The monoisotopic (exact) mass is 154 g/mol. The molecular formula is C10H18O. The van der Waals surface area contributed by atoms with Gasteiger partial charge in [-0.15, -0.1) is 0 Å². The quantitative estimate of drug-likeness (QED) is 0.575. The van der Waals surface area contributed by atoms with Crippen LogP contribution >= 0.6 is 0 Å². The zero-order chi connectivity index (χ0) is 8.43. The number of allylic oxidation sites excluding steroid dienone is 1. The maximum atomic E-state index is 9.52. The van der Waals surface area contributed by atoms with Crippen LogP contribution in [0, 0.1) is 11.8 Å². The highest BCUT2D eigenvalue weighted by molar-refractivity contribution is 5.11. The average molecular weight is 154 g/mol. The Hall–Kier alpha value is -0.300. The largest absolute Gasteiger partial charge is 0.389 e. The van der Waals surface area contributed by atoms with Crippen molar-refractivity contribution < 1.29 is 5.11 Å². The molecule has 0 aliphatic heterocycles. The molecule has 0 saturated heterocycles. The second kappa shape index (κ2) is 3.40. The van der Waals surface area contributed by atoms with Gasteiger partial charge in [-0.2, -0.15) is 0 Å². The molecule has 0 radical (unpaired) electrons. The van der Waals surface area contributed by atoms with Crippen molar-refractivity contribution in [2.75, 3.05) is 0 Å². The van der Waals surface area contributed by atoms with Gasteiger partial charge >= 0.3 is 0 Å². The molecular weight excluding hydrogens is 136 g/mol. The van der Waals surface area contributed by atoms with Gasteiger partial charge in [0.1, 0.15) is 0 Å². The maximum Gasteiger partial charge on any atom is 0.0749 e. The van der Waals surface area contributed by atoms with Gasteiger partial charge in [-0.1, -0.05) is 32.4 Å². The lowest BCUT2D eigenvalue weighted by atomic mass is 9.84.